The molecule has 0 radical (unpaired) electrons. The number of H-pyrrole nitrogens is 1. The Labute approximate surface area is 92.5 Å². The van der Waals surface area contributed by atoms with E-state index in [4.69, 9.17) is 5.11 Å². The predicted octanol–water partition coefficient (Wildman–Crippen LogP) is 1.95. The van der Waals surface area contributed by atoms with Crippen LogP contribution in [0, 0.1) is 0 Å². The van der Waals surface area contributed by atoms with Gasteiger partial charge in [0.2, 0.25) is 0 Å². The fraction of sp³-hybridized carbons (Fsp3) is 0.364. The maximum absolute atomic E-state index is 11.0. The van der Waals surface area contributed by atoms with Gasteiger partial charge in [0, 0.05) is 11.6 Å². The van der Waals surface area contributed by atoms with Gasteiger partial charge in [0.1, 0.15) is 16.9 Å². The van der Waals surface area contributed by atoms with Crippen LogP contribution in [-0.2, 0) is 5.41 Å². The minimum atomic E-state index is -1.01. The van der Waals surface area contributed by atoms with Crippen LogP contribution in [-0.4, -0.2) is 26.0 Å². The highest BCUT2D eigenvalue weighted by molar-refractivity contribution is 6.00. The minimum Gasteiger partial charge on any atom is -0.478 e. The molecule has 0 aromatic carbocycles. The van der Waals surface area contributed by atoms with E-state index in [0.29, 0.717) is 11.0 Å². The number of aromatic nitrogens is 3. The Morgan fingerprint density at radius 2 is 2.06 bits per heavy atom. The van der Waals surface area contributed by atoms with E-state index in [1.807, 2.05) is 20.8 Å². The van der Waals surface area contributed by atoms with Gasteiger partial charge in [-0.1, -0.05) is 20.8 Å². The number of carbonyl (C=O) groups is 1. The fourth-order valence-corrected chi connectivity index (χ4v) is 1.44. The molecule has 0 aliphatic rings. The molecule has 2 aromatic heterocycles. The monoisotopic (exact) mass is 219 g/mol. The molecule has 0 amide bonds. The summed E-state index contributed by atoms with van der Waals surface area (Å²) in [4.78, 5) is 22.3. The van der Waals surface area contributed by atoms with Gasteiger partial charge in [0.05, 0.1) is 11.7 Å². The quantitative estimate of drug-likeness (QED) is 0.768. The molecule has 0 aliphatic heterocycles. The largest absolute Gasteiger partial charge is 0.478 e. The first-order valence-corrected chi connectivity index (χ1v) is 4.97. The van der Waals surface area contributed by atoms with Crippen molar-refractivity contribution in [1.29, 1.82) is 0 Å². The topological polar surface area (TPSA) is 78.9 Å². The van der Waals surface area contributed by atoms with E-state index in [1.54, 1.807) is 6.20 Å². The molecular formula is C11H13N3O2. The van der Waals surface area contributed by atoms with Crippen LogP contribution in [0.5, 0.6) is 0 Å². The molecule has 0 aliphatic carbocycles. The van der Waals surface area contributed by atoms with Crippen molar-refractivity contribution in [2.75, 3.05) is 0 Å². The Morgan fingerprint density at radius 1 is 1.38 bits per heavy atom. The highest BCUT2D eigenvalue weighted by Crippen LogP contribution is 2.23. The number of aromatic amines is 1. The van der Waals surface area contributed by atoms with E-state index in [-0.39, 0.29) is 11.0 Å². The molecule has 84 valence electrons. The number of carboxylic acids is 1. The van der Waals surface area contributed by atoms with E-state index in [0.717, 1.165) is 5.82 Å². The van der Waals surface area contributed by atoms with Gasteiger partial charge in [-0.15, -0.1) is 0 Å². The fourth-order valence-electron chi connectivity index (χ4n) is 1.44. The molecule has 2 aromatic rings. The summed E-state index contributed by atoms with van der Waals surface area (Å²) in [7, 11) is 0. The molecule has 0 spiro atoms. The first-order chi connectivity index (χ1) is 7.39. The second-order valence-electron chi connectivity index (χ2n) is 4.72. The summed E-state index contributed by atoms with van der Waals surface area (Å²) in [6.07, 6.45) is 2.90. The second kappa shape index (κ2) is 3.30. The summed E-state index contributed by atoms with van der Waals surface area (Å²) < 4.78 is 0. The van der Waals surface area contributed by atoms with Crippen LogP contribution in [0.3, 0.4) is 0 Å². The van der Waals surface area contributed by atoms with Crippen molar-refractivity contribution in [3.05, 3.63) is 23.8 Å². The van der Waals surface area contributed by atoms with Crippen LogP contribution < -0.4 is 0 Å². The number of hydrogen-bond acceptors (Lipinski definition) is 3. The first kappa shape index (κ1) is 10.6. The van der Waals surface area contributed by atoms with Crippen LogP contribution in [0.2, 0.25) is 0 Å². The number of nitrogens with zero attached hydrogens (tertiary/aromatic N) is 2. The van der Waals surface area contributed by atoms with Crippen LogP contribution >= 0.6 is 0 Å². The number of nitrogens with one attached hydrogen (secondary N) is 1. The van der Waals surface area contributed by atoms with Crippen molar-refractivity contribution in [3.63, 3.8) is 0 Å². The lowest BCUT2D eigenvalue weighted by atomic mass is 9.96. The number of aromatic carboxylic acids is 1. The van der Waals surface area contributed by atoms with Crippen LogP contribution in [0.4, 0.5) is 0 Å². The average molecular weight is 219 g/mol. The average Bonchev–Trinajstić information content (AvgIpc) is 2.59. The molecule has 2 rings (SSSR count). The molecule has 5 heteroatoms. The van der Waals surface area contributed by atoms with Gasteiger partial charge < -0.3 is 10.1 Å². The number of carboxylic acid groups (broad SMARTS) is 1. The molecule has 0 atom stereocenters. The third-order valence-electron chi connectivity index (χ3n) is 2.34. The first-order valence-electron chi connectivity index (χ1n) is 4.97. The molecule has 2 heterocycles. The molecule has 0 unspecified atom stereocenters. The van der Waals surface area contributed by atoms with E-state index >= 15 is 0 Å². The Bertz CT molecular complexity index is 552. The zero-order valence-corrected chi connectivity index (χ0v) is 9.40. The number of pyridine rings is 1. The second-order valence-corrected chi connectivity index (χ2v) is 4.72. The maximum Gasteiger partial charge on any atom is 0.339 e. The van der Waals surface area contributed by atoms with Gasteiger partial charge in [0.25, 0.3) is 0 Å². The lowest BCUT2D eigenvalue weighted by Gasteiger charge is -2.13. The van der Waals surface area contributed by atoms with Gasteiger partial charge in [0.15, 0.2) is 0 Å². The van der Waals surface area contributed by atoms with Crippen molar-refractivity contribution in [3.8, 4) is 0 Å². The zero-order chi connectivity index (χ0) is 11.9. The molecule has 0 saturated carbocycles. The summed E-state index contributed by atoms with van der Waals surface area (Å²) in [5.74, 6) is -0.247. The summed E-state index contributed by atoms with van der Waals surface area (Å²) in [5.41, 5.74) is 1.11. The Morgan fingerprint density at radius 3 is 2.62 bits per heavy atom. The summed E-state index contributed by atoms with van der Waals surface area (Å²) >= 11 is 0. The number of imidazole rings is 1. The minimum absolute atomic E-state index is 0.129. The van der Waals surface area contributed by atoms with Crippen LogP contribution in [0.25, 0.3) is 11.0 Å². The number of fused-ring (bicyclic) bond motifs is 1. The number of hydrogen-bond donors (Lipinski definition) is 2. The van der Waals surface area contributed by atoms with E-state index < -0.39 is 5.97 Å². The van der Waals surface area contributed by atoms with E-state index in [1.165, 1.54) is 6.20 Å². The van der Waals surface area contributed by atoms with Crippen molar-refractivity contribution < 1.29 is 9.90 Å². The van der Waals surface area contributed by atoms with Crippen LogP contribution in [0.1, 0.15) is 37.0 Å². The molecular weight excluding hydrogens is 206 g/mol. The van der Waals surface area contributed by atoms with Gasteiger partial charge >= 0.3 is 5.97 Å². The molecule has 2 N–H and O–H groups in total. The SMILES string of the molecule is CC(C)(C)c1nc2c(C(=O)O)cncc2[nH]1. The highest BCUT2D eigenvalue weighted by atomic mass is 16.4. The predicted molar refractivity (Wildman–Crippen MR) is 59.5 cm³/mol. The third-order valence-corrected chi connectivity index (χ3v) is 2.34. The molecule has 5 nitrogen and oxygen atoms in total. The third kappa shape index (κ3) is 1.64. The summed E-state index contributed by atoms with van der Waals surface area (Å²) in [6, 6.07) is 0. The summed E-state index contributed by atoms with van der Waals surface area (Å²) in [6.45, 7) is 6.04. The summed E-state index contributed by atoms with van der Waals surface area (Å²) in [5, 5.41) is 9.00. The maximum atomic E-state index is 11.0. The van der Waals surface area contributed by atoms with Crippen LogP contribution in [0.15, 0.2) is 12.4 Å². The van der Waals surface area contributed by atoms with Crippen molar-refractivity contribution in [2.24, 2.45) is 0 Å². The highest BCUT2D eigenvalue weighted by Gasteiger charge is 2.20. The normalized spacial score (nSPS) is 11.9. The Balaban J connectivity index is 2.71. The lowest BCUT2D eigenvalue weighted by Crippen LogP contribution is -2.13. The van der Waals surface area contributed by atoms with Crippen molar-refractivity contribution >= 4 is 17.0 Å². The molecule has 0 fully saturated rings. The Hall–Kier alpha value is -1.91. The van der Waals surface area contributed by atoms with Gasteiger partial charge in [-0.3, -0.25) is 4.98 Å². The molecule has 16 heavy (non-hydrogen) atoms. The van der Waals surface area contributed by atoms with E-state index in [2.05, 4.69) is 15.0 Å². The smallest absolute Gasteiger partial charge is 0.339 e. The number of rotatable bonds is 1. The van der Waals surface area contributed by atoms with Gasteiger partial charge in [-0.25, -0.2) is 9.78 Å². The molecule has 0 bridgehead atoms. The van der Waals surface area contributed by atoms with Gasteiger partial charge in [-0.05, 0) is 0 Å². The lowest BCUT2D eigenvalue weighted by molar-refractivity contribution is 0.0698. The zero-order valence-electron chi connectivity index (χ0n) is 9.40. The van der Waals surface area contributed by atoms with E-state index in [9.17, 15) is 4.79 Å². The van der Waals surface area contributed by atoms with Crippen molar-refractivity contribution in [1.82, 2.24) is 15.0 Å². The molecule has 0 saturated heterocycles. The van der Waals surface area contributed by atoms with Gasteiger partial charge in [-0.2, -0.15) is 0 Å². The standard InChI is InChI=1S/C11H13N3O2/c1-11(2,3)10-13-7-5-12-4-6(9(15)16)8(7)14-10/h4-5H,1-3H3,(H,13,14)(H,15,16). The van der Waals surface area contributed by atoms with Crippen molar-refractivity contribution in [2.45, 2.75) is 26.2 Å². The Kier molecular flexibility index (Phi) is 2.18.